The Balaban J connectivity index is 1.56. The third kappa shape index (κ3) is 4.32. The first kappa shape index (κ1) is 18.2. The molecule has 4 N–H and O–H groups in total. The Hall–Kier alpha value is -1.63. The average Bonchev–Trinajstić information content (AvgIpc) is 3.03. The van der Waals surface area contributed by atoms with Crippen LogP contribution < -0.4 is 16.4 Å². The van der Waals surface area contributed by atoms with Crippen molar-refractivity contribution < 1.29 is 9.59 Å². The number of unbranched alkanes of at least 4 members (excludes halogenated alkanes) is 1. The molecule has 2 heterocycles. The van der Waals surface area contributed by atoms with Crippen LogP contribution in [0.4, 0.5) is 0 Å². The molecule has 0 aromatic heterocycles. The number of halogens is 1. The molecule has 2 fully saturated rings. The second kappa shape index (κ2) is 8.17. The first-order valence-corrected chi connectivity index (χ1v) is 9.25. The number of hydrogen-bond donors (Lipinski definition) is 3. The van der Waals surface area contributed by atoms with Gasteiger partial charge in [0.15, 0.2) is 0 Å². The van der Waals surface area contributed by atoms with Gasteiger partial charge in [-0.25, -0.2) is 0 Å². The van der Waals surface area contributed by atoms with Crippen molar-refractivity contribution in [2.24, 2.45) is 5.73 Å². The summed E-state index contributed by atoms with van der Waals surface area (Å²) >= 11 is 6.00. The molecule has 0 saturated carbocycles. The number of carbonyl (C=O) groups is 2. The minimum Gasteiger partial charge on any atom is -0.343 e. The highest BCUT2D eigenvalue weighted by molar-refractivity contribution is 6.30. The molecule has 0 unspecified atom stereocenters. The number of nitrogens with zero attached hydrogens (tertiary/aromatic N) is 1. The van der Waals surface area contributed by atoms with Gasteiger partial charge in [-0.1, -0.05) is 23.7 Å². The maximum absolute atomic E-state index is 12.6. The molecule has 0 radical (unpaired) electrons. The molecule has 6 nitrogen and oxygen atoms in total. The minimum atomic E-state index is -0.401. The molecule has 3 atom stereocenters. The number of rotatable bonds is 7. The molecule has 3 rings (SSSR count). The van der Waals surface area contributed by atoms with Crippen molar-refractivity contribution >= 4 is 23.4 Å². The SMILES string of the molecule is NCCCC[C@@H]1NC(=O)[C@@H]2C[C@H](NCc3cccc(Cl)c3)CN2C1=O. The highest BCUT2D eigenvalue weighted by Crippen LogP contribution is 2.24. The van der Waals surface area contributed by atoms with Crippen molar-refractivity contribution in [3.8, 4) is 0 Å². The summed E-state index contributed by atoms with van der Waals surface area (Å²) in [6.45, 7) is 1.85. The predicted molar refractivity (Wildman–Crippen MR) is 97.0 cm³/mol. The summed E-state index contributed by atoms with van der Waals surface area (Å²) in [5, 5.41) is 7.03. The van der Waals surface area contributed by atoms with E-state index in [2.05, 4.69) is 10.6 Å². The van der Waals surface area contributed by atoms with Crippen molar-refractivity contribution in [2.45, 2.75) is 50.4 Å². The molecule has 2 aliphatic rings. The molecule has 0 bridgehead atoms. The number of benzene rings is 1. The molecule has 1 aromatic rings. The third-order valence-corrected chi connectivity index (χ3v) is 5.17. The standard InChI is InChI=1S/C18H25ClN4O2/c19-13-5-3-4-12(8-13)10-21-14-9-16-17(24)22-15(6-1-2-7-20)18(25)23(16)11-14/h3-5,8,14-16,21H,1-2,6-7,9-11,20H2,(H,22,24)/t14-,15-,16-/m0/s1. The van der Waals surface area contributed by atoms with Crippen LogP contribution in [-0.4, -0.2) is 47.9 Å². The van der Waals surface area contributed by atoms with Crippen LogP contribution in [0, 0.1) is 0 Å². The molecule has 0 spiro atoms. The summed E-state index contributed by atoms with van der Waals surface area (Å²) in [4.78, 5) is 26.7. The number of hydrogen-bond acceptors (Lipinski definition) is 4. The van der Waals surface area contributed by atoms with Gasteiger partial charge in [-0.15, -0.1) is 0 Å². The number of nitrogens with one attached hydrogen (secondary N) is 2. The molecular weight excluding hydrogens is 340 g/mol. The average molecular weight is 365 g/mol. The molecule has 1 aromatic carbocycles. The molecule has 2 aliphatic heterocycles. The zero-order valence-electron chi connectivity index (χ0n) is 14.2. The van der Waals surface area contributed by atoms with Gasteiger partial charge in [-0.3, -0.25) is 9.59 Å². The number of amides is 2. The van der Waals surface area contributed by atoms with Crippen LogP contribution in [0.3, 0.4) is 0 Å². The normalized spacial score (nSPS) is 25.8. The fourth-order valence-corrected chi connectivity index (χ4v) is 3.82. The summed E-state index contributed by atoms with van der Waals surface area (Å²) in [6, 6.07) is 7.04. The molecule has 136 valence electrons. The first-order chi connectivity index (χ1) is 12.1. The van der Waals surface area contributed by atoms with Crippen molar-refractivity contribution in [1.29, 1.82) is 0 Å². The van der Waals surface area contributed by atoms with E-state index in [0.29, 0.717) is 37.5 Å². The van der Waals surface area contributed by atoms with Crippen molar-refractivity contribution in [3.05, 3.63) is 34.9 Å². The second-order valence-corrected chi connectivity index (χ2v) is 7.23. The van der Waals surface area contributed by atoms with Crippen LogP contribution in [-0.2, 0) is 16.1 Å². The van der Waals surface area contributed by atoms with Gasteiger partial charge in [0, 0.05) is 24.2 Å². The zero-order valence-corrected chi connectivity index (χ0v) is 15.0. The van der Waals surface area contributed by atoms with E-state index in [-0.39, 0.29) is 23.9 Å². The van der Waals surface area contributed by atoms with Gasteiger partial charge < -0.3 is 21.3 Å². The van der Waals surface area contributed by atoms with E-state index in [9.17, 15) is 9.59 Å². The minimum absolute atomic E-state index is 0.0358. The lowest BCUT2D eigenvalue weighted by molar-refractivity contribution is -0.147. The first-order valence-electron chi connectivity index (χ1n) is 8.87. The van der Waals surface area contributed by atoms with Crippen LogP contribution in [0.25, 0.3) is 0 Å². The summed E-state index contributed by atoms with van der Waals surface area (Å²) < 4.78 is 0. The highest BCUT2D eigenvalue weighted by Gasteiger charge is 2.45. The number of carbonyl (C=O) groups excluding carboxylic acids is 2. The molecule has 7 heteroatoms. The van der Waals surface area contributed by atoms with Gasteiger partial charge in [0.25, 0.3) is 0 Å². The molecular formula is C18H25ClN4O2. The van der Waals surface area contributed by atoms with Crippen molar-refractivity contribution in [1.82, 2.24) is 15.5 Å². The van der Waals surface area contributed by atoms with Crippen molar-refractivity contribution in [2.75, 3.05) is 13.1 Å². The molecule has 0 aliphatic carbocycles. The quantitative estimate of drug-likeness (QED) is 0.630. The van der Waals surface area contributed by atoms with E-state index < -0.39 is 6.04 Å². The van der Waals surface area contributed by atoms with E-state index in [0.717, 1.165) is 18.4 Å². The highest BCUT2D eigenvalue weighted by atomic mass is 35.5. The largest absolute Gasteiger partial charge is 0.343 e. The topological polar surface area (TPSA) is 87.5 Å². The lowest BCUT2D eigenvalue weighted by Crippen LogP contribution is -2.61. The van der Waals surface area contributed by atoms with E-state index >= 15 is 0 Å². The van der Waals surface area contributed by atoms with Crippen LogP contribution in [0.15, 0.2) is 24.3 Å². The summed E-state index contributed by atoms with van der Waals surface area (Å²) in [5.41, 5.74) is 6.59. The monoisotopic (exact) mass is 364 g/mol. The van der Waals surface area contributed by atoms with Crippen molar-refractivity contribution in [3.63, 3.8) is 0 Å². The third-order valence-electron chi connectivity index (χ3n) is 4.93. The Bertz CT molecular complexity index is 639. The lowest BCUT2D eigenvalue weighted by Gasteiger charge is -2.34. The van der Waals surface area contributed by atoms with E-state index in [1.807, 2.05) is 24.3 Å². The van der Waals surface area contributed by atoms with Gasteiger partial charge in [-0.05, 0) is 49.9 Å². The van der Waals surface area contributed by atoms with Crippen LogP contribution in [0.1, 0.15) is 31.2 Å². The van der Waals surface area contributed by atoms with Crippen LogP contribution in [0.5, 0.6) is 0 Å². The van der Waals surface area contributed by atoms with Crippen LogP contribution >= 0.6 is 11.6 Å². The number of fused-ring (bicyclic) bond motifs is 1. The molecule has 2 saturated heterocycles. The smallest absolute Gasteiger partial charge is 0.245 e. The van der Waals surface area contributed by atoms with E-state index in [4.69, 9.17) is 17.3 Å². The fraction of sp³-hybridized carbons (Fsp3) is 0.556. The van der Waals surface area contributed by atoms with Gasteiger partial charge in [0.1, 0.15) is 12.1 Å². The Morgan fingerprint density at radius 1 is 1.32 bits per heavy atom. The summed E-state index contributed by atoms with van der Waals surface area (Å²) in [7, 11) is 0. The summed E-state index contributed by atoms with van der Waals surface area (Å²) in [5.74, 6) is -0.00178. The molecule has 2 amide bonds. The second-order valence-electron chi connectivity index (χ2n) is 6.80. The Labute approximate surface area is 153 Å². The van der Waals surface area contributed by atoms with Crippen LogP contribution in [0.2, 0.25) is 5.02 Å². The summed E-state index contributed by atoms with van der Waals surface area (Å²) in [6.07, 6.45) is 3.02. The Morgan fingerprint density at radius 2 is 2.16 bits per heavy atom. The van der Waals surface area contributed by atoms with E-state index in [1.54, 1.807) is 4.90 Å². The lowest BCUT2D eigenvalue weighted by atomic mass is 10.0. The Morgan fingerprint density at radius 3 is 2.92 bits per heavy atom. The fourth-order valence-electron chi connectivity index (χ4n) is 3.60. The van der Waals surface area contributed by atoms with E-state index in [1.165, 1.54) is 0 Å². The van der Waals surface area contributed by atoms with Gasteiger partial charge >= 0.3 is 0 Å². The Kier molecular flexibility index (Phi) is 5.93. The maximum atomic E-state index is 12.6. The number of piperazine rings is 1. The molecule has 25 heavy (non-hydrogen) atoms. The van der Waals surface area contributed by atoms with Gasteiger partial charge in [0.2, 0.25) is 11.8 Å². The van der Waals surface area contributed by atoms with Gasteiger partial charge in [-0.2, -0.15) is 0 Å². The van der Waals surface area contributed by atoms with Gasteiger partial charge in [0.05, 0.1) is 0 Å². The maximum Gasteiger partial charge on any atom is 0.245 e. The number of nitrogens with two attached hydrogens (primary N) is 1. The zero-order chi connectivity index (χ0) is 17.8. The predicted octanol–water partition coefficient (Wildman–Crippen LogP) is 1.03.